The minimum Gasteiger partial charge on any atom is -0.445 e. The zero-order chi connectivity index (χ0) is 24.9. The summed E-state index contributed by atoms with van der Waals surface area (Å²) in [6.45, 7) is 6.46. The lowest BCUT2D eigenvalue weighted by molar-refractivity contribution is -0.197. The van der Waals surface area contributed by atoms with Crippen LogP contribution in [0.1, 0.15) is 39.2 Å². The molecule has 0 N–H and O–H groups in total. The number of rotatable bonds is 4. The Hall–Kier alpha value is -2.49. The van der Waals surface area contributed by atoms with Gasteiger partial charge < -0.3 is 19.3 Å². The predicted molar refractivity (Wildman–Crippen MR) is 120 cm³/mol. The summed E-state index contributed by atoms with van der Waals surface area (Å²) < 4.78 is 52.2. The molecule has 1 aromatic carbocycles. The van der Waals surface area contributed by atoms with E-state index in [4.69, 9.17) is 9.47 Å². The van der Waals surface area contributed by atoms with Crippen LogP contribution in [0.4, 0.5) is 22.8 Å². The summed E-state index contributed by atoms with van der Waals surface area (Å²) in [7, 11) is 0. The lowest BCUT2D eigenvalue weighted by Crippen LogP contribution is -2.61. The van der Waals surface area contributed by atoms with Crippen molar-refractivity contribution in [3.05, 3.63) is 35.9 Å². The maximum Gasteiger partial charge on any atom is 0.410 e. The standard InChI is InChI=1S/C24H34F3N3O4/c1-23(2,3)34-22(32)28-11-9-18(10-12-28)15-29-13-14-30(16-20(29)24(25,26)27)21(31)33-17-19-7-5-4-6-8-19/h4-8,18,20H,9-17H2,1-3H3. The molecule has 0 radical (unpaired) electrons. The first kappa shape index (κ1) is 26.1. The van der Waals surface area contributed by atoms with E-state index < -0.39 is 30.5 Å². The fourth-order valence-electron chi connectivity index (χ4n) is 4.28. The molecule has 10 heteroatoms. The first-order chi connectivity index (χ1) is 15.9. The number of carbonyl (C=O) groups is 2. The Morgan fingerprint density at radius 2 is 1.59 bits per heavy atom. The van der Waals surface area contributed by atoms with Gasteiger partial charge in [0.05, 0.1) is 0 Å². The molecule has 7 nitrogen and oxygen atoms in total. The van der Waals surface area contributed by atoms with Gasteiger partial charge in [-0.15, -0.1) is 0 Å². The molecule has 0 aromatic heterocycles. The van der Waals surface area contributed by atoms with Crippen LogP contribution in [0.15, 0.2) is 30.3 Å². The SMILES string of the molecule is CC(C)(C)OC(=O)N1CCC(CN2CCN(C(=O)OCc3ccccc3)CC2C(F)(F)F)CC1. The summed E-state index contributed by atoms with van der Waals surface area (Å²) in [5.41, 5.74) is 0.190. The summed E-state index contributed by atoms with van der Waals surface area (Å²) >= 11 is 0. The number of piperazine rings is 1. The zero-order valence-corrected chi connectivity index (χ0v) is 20.0. The molecule has 2 aliphatic heterocycles. The lowest BCUT2D eigenvalue weighted by atomic mass is 9.95. The number of hydrogen-bond acceptors (Lipinski definition) is 5. The van der Waals surface area contributed by atoms with Gasteiger partial charge in [-0.2, -0.15) is 13.2 Å². The molecule has 2 fully saturated rings. The number of likely N-dealkylation sites (tertiary alicyclic amines) is 1. The van der Waals surface area contributed by atoms with Gasteiger partial charge in [0.1, 0.15) is 18.2 Å². The minimum atomic E-state index is -4.46. The number of halogens is 3. The Kier molecular flexibility index (Phi) is 8.33. The van der Waals surface area contributed by atoms with E-state index in [1.807, 2.05) is 6.07 Å². The van der Waals surface area contributed by atoms with Crippen LogP contribution in [0.5, 0.6) is 0 Å². The van der Waals surface area contributed by atoms with Crippen molar-refractivity contribution in [2.75, 3.05) is 39.3 Å². The van der Waals surface area contributed by atoms with Crippen molar-refractivity contribution < 1.29 is 32.2 Å². The topological polar surface area (TPSA) is 62.3 Å². The maximum absolute atomic E-state index is 13.9. The monoisotopic (exact) mass is 485 g/mol. The van der Waals surface area contributed by atoms with Gasteiger partial charge in [-0.05, 0) is 45.1 Å². The molecule has 0 bridgehead atoms. The number of carbonyl (C=O) groups excluding carboxylic acids is 2. The average molecular weight is 486 g/mol. The fourth-order valence-corrected chi connectivity index (χ4v) is 4.28. The second-order valence-corrected chi connectivity index (χ2v) is 9.95. The van der Waals surface area contributed by atoms with Crippen molar-refractivity contribution in [2.45, 2.75) is 58.0 Å². The number of ether oxygens (including phenoxy) is 2. The number of benzene rings is 1. The van der Waals surface area contributed by atoms with Gasteiger partial charge in [0.15, 0.2) is 0 Å². The van der Waals surface area contributed by atoms with Gasteiger partial charge >= 0.3 is 18.4 Å². The van der Waals surface area contributed by atoms with Crippen molar-refractivity contribution >= 4 is 12.2 Å². The van der Waals surface area contributed by atoms with E-state index in [-0.39, 0.29) is 38.3 Å². The van der Waals surface area contributed by atoms with Crippen LogP contribution in [-0.4, -0.2) is 84.0 Å². The lowest BCUT2D eigenvalue weighted by Gasteiger charge is -2.43. The molecule has 2 amide bonds. The van der Waals surface area contributed by atoms with Crippen LogP contribution in [0.25, 0.3) is 0 Å². The highest BCUT2D eigenvalue weighted by Crippen LogP contribution is 2.30. The second-order valence-electron chi connectivity index (χ2n) is 9.95. The van der Waals surface area contributed by atoms with E-state index >= 15 is 0 Å². The average Bonchev–Trinajstić information content (AvgIpc) is 2.77. The highest BCUT2D eigenvalue weighted by Gasteiger charge is 2.48. The van der Waals surface area contributed by atoms with Gasteiger partial charge in [-0.3, -0.25) is 4.90 Å². The maximum atomic E-state index is 13.9. The molecule has 2 aliphatic rings. The highest BCUT2D eigenvalue weighted by atomic mass is 19.4. The van der Waals surface area contributed by atoms with Gasteiger partial charge in [0.25, 0.3) is 0 Å². The van der Waals surface area contributed by atoms with Crippen LogP contribution in [-0.2, 0) is 16.1 Å². The molecule has 1 aromatic rings. The highest BCUT2D eigenvalue weighted by molar-refractivity contribution is 5.68. The Morgan fingerprint density at radius 3 is 2.18 bits per heavy atom. The molecule has 34 heavy (non-hydrogen) atoms. The van der Waals surface area contributed by atoms with Crippen molar-refractivity contribution in [1.29, 1.82) is 0 Å². The summed E-state index contributed by atoms with van der Waals surface area (Å²) in [5.74, 6) is 0.0418. The molecule has 2 heterocycles. The van der Waals surface area contributed by atoms with Crippen LogP contribution in [0, 0.1) is 5.92 Å². The van der Waals surface area contributed by atoms with Crippen LogP contribution in [0.3, 0.4) is 0 Å². The van der Waals surface area contributed by atoms with E-state index in [1.165, 1.54) is 4.90 Å². The normalized spacial score (nSPS) is 20.8. The third-order valence-corrected chi connectivity index (χ3v) is 6.09. The van der Waals surface area contributed by atoms with E-state index in [0.29, 0.717) is 25.9 Å². The van der Waals surface area contributed by atoms with E-state index in [2.05, 4.69) is 0 Å². The van der Waals surface area contributed by atoms with Crippen LogP contribution in [0.2, 0.25) is 0 Å². The molecule has 0 spiro atoms. The van der Waals surface area contributed by atoms with Gasteiger partial charge in [-0.25, -0.2) is 9.59 Å². The Labute approximate surface area is 198 Å². The van der Waals surface area contributed by atoms with E-state index in [9.17, 15) is 22.8 Å². The third kappa shape index (κ3) is 7.51. The number of piperidine rings is 1. The Balaban J connectivity index is 1.51. The number of nitrogens with zero attached hydrogens (tertiary/aromatic N) is 3. The van der Waals surface area contributed by atoms with Crippen LogP contribution >= 0.6 is 0 Å². The molecule has 1 unspecified atom stereocenters. The molecular weight excluding hydrogens is 451 g/mol. The third-order valence-electron chi connectivity index (χ3n) is 6.09. The fraction of sp³-hybridized carbons (Fsp3) is 0.667. The molecule has 1 atom stereocenters. The minimum absolute atomic E-state index is 0.0206. The Morgan fingerprint density at radius 1 is 0.941 bits per heavy atom. The van der Waals surface area contributed by atoms with E-state index in [0.717, 1.165) is 10.5 Å². The quantitative estimate of drug-likeness (QED) is 0.628. The predicted octanol–water partition coefficient (Wildman–Crippen LogP) is 4.52. The smallest absolute Gasteiger partial charge is 0.410 e. The number of amides is 2. The van der Waals surface area contributed by atoms with Gasteiger partial charge in [-0.1, -0.05) is 30.3 Å². The molecule has 0 saturated carbocycles. The largest absolute Gasteiger partial charge is 0.445 e. The molecule has 2 saturated heterocycles. The summed E-state index contributed by atoms with van der Waals surface area (Å²) in [6.07, 6.45) is -4.35. The number of hydrogen-bond donors (Lipinski definition) is 0. The number of alkyl halides is 3. The van der Waals surface area contributed by atoms with Crippen molar-refractivity contribution in [3.8, 4) is 0 Å². The first-order valence-corrected chi connectivity index (χ1v) is 11.7. The first-order valence-electron chi connectivity index (χ1n) is 11.7. The van der Waals surface area contributed by atoms with Crippen LogP contribution < -0.4 is 0 Å². The molecular formula is C24H34F3N3O4. The van der Waals surface area contributed by atoms with Gasteiger partial charge in [0.2, 0.25) is 0 Å². The summed E-state index contributed by atoms with van der Waals surface area (Å²) in [4.78, 5) is 28.8. The summed E-state index contributed by atoms with van der Waals surface area (Å²) in [6, 6.07) is 7.28. The van der Waals surface area contributed by atoms with Gasteiger partial charge in [0, 0.05) is 39.3 Å². The molecule has 190 valence electrons. The second kappa shape index (κ2) is 10.8. The van der Waals surface area contributed by atoms with Crippen molar-refractivity contribution in [2.24, 2.45) is 5.92 Å². The molecule has 3 rings (SSSR count). The molecule has 0 aliphatic carbocycles. The van der Waals surface area contributed by atoms with Crippen molar-refractivity contribution in [3.63, 3.8) is 0 Å². The van der Waals surface area contributed by atoms with E-state index in [1.54, 1.807) is 49.9 Å². The zero-order valence-electron chi connectivity index (χ0n) is 20.0. The van der Waals surface area contributed by atoms with Crippen molar-refractivity contribution in [1.82, 2.24) is 14.7 Å². The Bertz CT molecular complexity index is 821. The summed E-state index contributed by atoms with van der Waals surface area (Å²) in [5, 5.41) is 0.